The Bertz CT molecular complexity index is 640. The van der Waals surface area contributed by atoms with Crippen molar-refractivity contribution in [1.82, 2.24) is 10.2 Å². The molecule has 0 spiro atoms. The Hall–Kier alpha value is -1.59. The topological polar surface area (TPSA) is 44.7 Å². The molecule has 2 aromatic carbocycles. The van der Waals surface area contributed by atoms with Crippen LogP contribution in [0.2, 0.25) is 5.02 Å². The van der Waals surface area contributed by atoms with Crippen molar-refractivity contribution in [3.8, 4) is 11.5 Å². The molecule has 0 saturated heterocycles. The van der Waals surface area contributed by atoms with Gasteiger partial charge >= 0.3 is 0 Å². The van der Waals surface area contributed by atoms with E-state index in [9.17, 15) is 5.11 Å². The SMILES string of the molecule is CN(C)CCNCCC(C)(O)c1ccc(Oc2ccc(Cl)cc2)cc1. The molecule has 2 N–H and O–H groups in total. The maximum absolute atomic E-state index is 10.7. The fourth-order valence-corrected chi connectivity index (χ4v) is 2.55. The lowest BCUT2D eigenvalue weighted by Crippen LogP contribution is -2.31. The van der Waals surface area contributed by atoms with Crippen LogP contribution in [0.1, 0.15) is 18.9 Å². The average Bonchev–Trinajstić information content (AvgIpc) is 2.57. The summed E-state index contributed by atoms with van der Waals surface area (Å²) in [5.41, 5.74) is 0.00886. The molecule has 0 saturated carbocycles. The summed E-state index contributed by atoms with van der Waals surface area (Å²) in [6.07, 6.45) is 0.651. The minimum atomic E-state index is -0.871. The van der Waals surface area contributed by atoms with Crippen LogP contribution in [0.15, 0.2) is 48.5 Å². The molecule has 4 nitrogen and oxygen atoms in total. The second-order valence-electron chi connectivity index (χ2n) is 6.66. The van der Waals surface area contributed by atoms with Gasteiger partial charge in [0.05, 0.1) is 5.60 Å². The van der Waals surface area contributed by atoms with Crippen LogP contribution in [-0.2, 0) is 5.60 Å². The van der Waals surface area contributed by atoms with Gasteiger partial charge in [0.15, 0.2) is 0 Å². The molecule has 2 rings (SSSR count). The van der Waals surface area contributed by atoms with Crippen LogP contribution in [0.25, 0.3) is 0 Å². The Morgan fingerprint density at radius 2 is 1.56 bits per heavy atom. The normalized spacial score (nSPS) is 13.7. The minimum Gasteiger partial charge on any atom is -0.457 e. The first kappa shape index (κ1) is 19.7. The fraction of sp³-hybridized carbons (Fsp3) is 0.400. The predicted molar refractivity (Wildman–Crippen MR) is 104 cm³/mol. The summed E-state index contributed by atoms with van der Waals surface area (Å²) in [7, 11) is 4.09. The quantitative estimate of drug-likeness (QED) is 0.664. The third-order valence-corrected chi connectivity index (χ3v) is 4.30. The number of likely N-dealkylation sites (N-methyl/N-ethyl adjacent to an activating group) is 1. The zero-order valence-electron chi connectivity index (χ0n) is 15.1. The summed E-state index contributed by atoms with van der Waals surface area (Å²) in [5.74, 6) is 1.46. The van der Waals surface area contributed by atoms with Gasteiger partial charge in [-0.15, -0.1) is 0 Å². The van der Waals surface area contributed by atoms with E-state index in [1.54, 1.807) is 12.1 Å². The van der Waals surface area contributed by atoms with Crippen LogP contribution in [-0.4, -0.2) is 43.7 Å². The van der Waals surface area contributed by atoms with Crippen LogP contribution < -0.4 is 10.1 Å². The summed E-state index contributed by atoms with van der Waals surface area (Å²) in [4.78, 5) is 2.13. The largest absolute Gasteiger partial charge is 0.457 e. The van der Waals surface area contributed by atoms with Gasteiger partial charge in [-0.1, -0.05) is 23.7 Å². The van der Waals surface area contributed by atoms with Crippen molar-refractivity contribution in [2.75, 3.05) is 33.7 Å². The Kier molecular flexibility index (Phi) is 7.26. The molecule has 1 atom stereocenters. The van der Waals surface area contributed by atoms with E-state index >= 15 is 0 Å². The van der Waals surface area contributed by atoms with Crippen molar-refractivity contribution in [1.29, 1.82) is 0 Å². The molecule has 0 aliphatic rings. The average molecular weight is 363 g/mol. The molecule has 0 bridgehead atoms. The Morgan fingerprint density at radius 3 is 2.12 bits per heavy atom. The van der Waals surface area contributed by atoms with E-state index in [1.807, 2.05) is 57.4 Å². The maximum Gasteiger partial charge on any atom is 0.127 e. The molecule has 0 aliphatic heterocycles. The van der Waals surface area contributed by atoms with Crippen LogP contribution in [0.4, 0.5) is 0 Å². The minimum absolute atomic E-state index is 0.651. The van der Waals surface area contributed by atoms with Crippen LogP contribution >= 0.6 is 11.6 Å². The lowest BCUT2D eigenvalue weighted by atomic mass is 9.92. The highest BCUT2D eigenvalue weighted by molar-refractivity contribution is 6.30. The van der Waals surface area contributed by atoms with Gasteiger partial charge in [0.2, 0.25) is 0 Å². The molecular weight excluding hydrogens is 336 g/mol. The van der Waals surface area contributed by atoms with Crippen molar-refractivity contribution < 1.29 is 9.84 Å². The monoisotopic (exact) mass is 362 g/mol. The van der Waals surface area contributed by atoms with Crippen LogP contribution in [0, 0.1) is 0 Å². The number of halogens is 1. The predicted octanol–water partition coefficient (Wildman–Crippen LogP) is 3.88. The second-order valence-corrected chi connectivity index (χ2v) is 7.09. The first-order valence-electron chi connectivity index (χ1n) is 8.48. The number of aliphatic hydroxyl groups is 1. The standard InChI is InChI=1S/C20H27ClN2O2/c1-20(24,12-13-22-14-15-23(2)3)16-4-8-18(9-5-16)25-19-10-6-17(21)7-11-19/h4-11,22,24H,12-15H2,1-3H3. The molecule has 2 aromatic rings. The summed E-state index contributed by atoms with van der Waals surface area (Å²) in [5, 5.41) is 14.7. The van der Waals surface area contributed by atoms with E-state index in [0.717, 1.165) is 36.7 Å². The molecule has 0 heterocycles. The number of hydrogen-bond donors (Lipinski definition) is 2. The van der Waals surface area contributed by atoms with Gasteiger partial charge in [0, 0.05) is 18.1 Å². The number of hydrogen-bond acceptors (Lipinski definition) is 4. The Morgan fingerprint density at radius 1 is 1.00 bits per heavy atom. The number of nitrogens with zero attached hydrogens (tertiary/aromatic N) is 1. The lowest BCUT2D eigenvalue weighted by Gasteiger charge is -2.24. The van der Waals surface area contributed by atoms with Gasteiger partial charge in [-0.2, -0.15) is 0 Å². The van der Waals surface area contributed by atoms with Crippen molar-refractivity contribution >= 4 is 11.6 Å². The molecule has 0 fully saturated rings. The van der Waals surface area contributed by atoms with E-state index < -0.39 is 5.60 Å². The summed E-state index contributed by atoms with van der Waals surface area (Å²) >= 11 is 5.87. The Balaban J connectivity index is 1.87. The third-order valence-electron chi connectivity index (χ3n) is 4.05. The van der Waals surface area contributed by atoms with Crippen molar-refractivity contribution in [2.45, 2.75) is 18.9 Å². The van der Waals surface area contributed by atoms with E-state index in [4.69, 9.17) is 16.3 Å². The van der Waals surface area contributed by atoms with Gasteiger partial charge in [-0.05, 0) is 75.9 Å². The van der Waals surface area contributed by atoms with Gasteiger partial charge in [-0.25, -0.2) is 0 Å². The first-order valence-corrected chi connectivity index (χ1v) is 8.86. The number of rotatable bonds is 9. The van der Waals surface area contributed by atoms with Crippen LogP contribution in [0.3, 0.4) is 0 Å². The summed E-state index contributed by atoms with van der Waals surface area (Å²) in [6, 6.07) is 14.8. The van der Waals surface area contributed by atoms with E-state index in [1.165, 1.54) is 0 Å². The fourth-order valence-electron chi connectivity index (χ4n) is 2.42. The van der Waals surface area contributed by atoms with Crippen LogP contribution in [0.5, 0.6) is 11.5 Å². The van der Waals surface area contributed by atoms with Crippen molar-refractivity contribution in [2.24, 2.45) is 0 Å². The van der Waals surface area contributed by atoms with Gasteiger partial charge in [-0.3, -0.25) is 0 Å². The smallest absolute Gasteiger partial charge is 0.127 e. The first-order chi connectivity index (χ1) is 11.9. The molecule has 136 valence electrons. The zero-order valence-corrected chi connectivity index (χ0v) is 15.9. The number of nitrogens with one attached hydrogen (secondary N) is 1. The molecule has 0 aromatic heterocycles. The molecule has 0 aliphatic carbocycles. The summed E-state index contributed by atoms with van der Waals surface area (Å²) < 4.78 is 5.78. The van der Waals surface area contributed by atoms with E-state index in [2.05, 4.69) is 10.2 Å². The van der Waals surface area contributed by atoms with Gasteiger partial charge in [0.1, 0.15) is 11.5 Å². The molecular formula is C20H27ClN2O2. The number of ether oxygens (including phenoxy) is 1. The molecule has 25 heavy (non-hydrogen) atoms. The van der Waals surface area contributed by atoms with Gasteiger partial charge < -0.3 is 20.1 Å². The zero-order chi connectivity index (χ0) is 18.3. The second kappa shape index (κ2) is 9.20. The van der Waals surface area contributed by atoms with Crippen molar-refractivity contribution in [3.63, 3.8) is 0 Å². The molecule has 1 unspecified atom stereocenters. The molecule has 5 heteroatoms. The van der Waals surface area contributed by atoms with E-state index in [-0.39, 0.29) is 0 Å². The summed E-state index contributed by atoms with van der Waals surface area (Å²) in [6.45, 7) is 4.51. The molecule has 0 radical (unpaired) electrons. The Labute approximate surface area is 155 Å². The third kappa shape index (κ3) is 6.67. The highest BCUT2D eigenvalue weighted by Gasteiger charge is 2.22. The highest BCUT2D eigenvalue weighted by atomic mass is 35.5. The number of benzene rings is 2. The van der Waals surface area contributed by atoms with Crippen molar-refractivity contribution in [3.05, 3.63) is 59.1 Å². The van der Waals surface area contributed by atoms with Gasteiger partial charge in [0.25, 0.3) is 0 Å². The lowest BCUT2D eigenvalue weighted by molar-refractivity contribution is 0.0479. The van der Waals surface area contributed by atoms with E-state index in [0.29, 0.717) is 11.4 Å². The highest BCUT2D eigenvalue weighted by Crippen LogP contribution is 2.28. The molecule has 0 amide bonds. The maximum atomic E-state index is 10.7.